The molecule has 7 heteroatoms. The molecule has 0 aliphatic carbocycles. The fourth-order valence-electron chi connectivity index (χ4n) is 4.41. The van der Waals surface area contributed by atoms with Gasteiger partial charge in [0.2, 0.25) is 15.9 Å². The molecule has 1 aromatic carbocycles. The first kappa shape index (κ1) is 22.2. The molecular formula is C22H35N3O3S. The summed E-state index contributed by atoms with van der Waals surface area (Å²) in [6, 6.07) is 8.53. The zero-order chi connectivity index (χ0) is 20.7. The van der Waals surface area contributed by atoms with Crippen LogP contribution in [0.4, 0.5) is 0 Å². The van der Waals surface area contributed by atoms with Crippen LogP contribution >= 0.6 is 0 Å². The number of piperidine rings is 2. The van der Waals surface area contributed by atoms with Crippen LogP contribution in [0.2, 0.25) is 0 Å². The molecule has 2 aliphatic heterocycles. The predicted molar refractivity (Wildman–Crippen MR) is 115 cm³/mol. The van der Waals surface area contributed by atoms with Crippen molar-refractivity contribution in [3.63, 3.8) is 0 Å². The van der Waals surface area contributed by atoms with Crippen LogP contribution in [0, 0.1) is 11.8 Å². The second kappa shape index (κ2) is 10.5. The lowest BCUT2D eigenvalue weighted by Gasteiger charge is -2.31. The molecule has 2 fully saturated rings. The summed E-state index contributed by atoms with van der Waals surface area (Å²) in [6.45, 7) is 7.38. The zero-order valence-corrected chi connectivity index (χ0v) is 18.4. The average molecular weight is 422 g/mol. The van der Waals surface area contributed by atoms with Crippen molar-refractivity contribution in [3.8, 4) is 0 Å². The number of amides is 1. The van der Waals surface area contributed by atoms with Crippen LogP contribution in [-0.4, -0.2) is 62.8 Å². The van der Waals surface area contributed by atoms with Crippen LogP contribution < -0.4 is 5.32 Å². The standard InChI is InChI=1S/C22H35N3O3S/c1-19-8-7-15-24(18-19)14-6-5-13-23-22(26)20-11-16-25(17-12-20)29(27,28)21-9-3-2-4-10-21/h2-4,9-10,19-20H,5-8,11-18H2,1H3,(H,23,26). The fraction of sp³-hybridized carbons (Fsp3) is 0.682. The Morgan fingerprint density at radius 1 is 1.07 bits per heavy atom. The molecule has 0 radical (unpaired) electrons. The van der Waals surface area contributed by atoms with E-state index in [4.69, 9.17) is 0 Å². The first-order valence-corrected chi connectivity index (χ1v) is 12.5. The molecule has 2 aliphatic rings. The minimum atomic E-state index is -3.45. The monoisotopic (exact) mass is 421 g/mol. The molecule has 0 bridgehead atoms. The van der Waals surface area contributed by atoms with Gasteiger partial charge in [-0.05, 0) is 69.7 Å². The van der Waals surface area contributed by atoms with E-state index < -0.39 is 10.0 Å². The molecule has 1 N–H and O–H groups in total. The van der Waals surface area contributed by atoms with Crippen LogP contribution in [0.5, 0.6) is 0 Å². The van der Waals surface area contributed by atoms with Gasteiger partial charge in [-0.2, -0.15) is 4.31 Å². The normalized spacial score (nSPS) is 22.4. The van der Waals surface area contributed by atoms with Gasteiger partial charge in [0.1, 0.15) is 0 Å². The first-order chi connectivity index (χ1) is 14.0. The van der Waals surface area contributed by atoms with Crippen molar-refractivity contribution in [2.45, 2.75) is 50.3 Å². The number of nitrogens with zero attached hydrogens (tertiary/aromatic N) is 2. The SMILES string of the molecule is CC1CCCN(CCCCNC(=O)C2CCN(S(=O)(=O)c3ccccc3)CC2)C1. The second-order valence-electron chi connectivity index (χ2n) is 8.54. The quantitative estimate of drug-likeness (QED) is 0.655. The Labute approximate surface area is 175 Å². The highest BCUT2D eigenvalue weighted by Gasteiger charge is 2.31. The Morgan fingerprint density at radius 2 is 1.79 bits per heavy atom. The molecule has 3 rings (SSSR count). The minimum absolute atomic E-state index is 0.0772. The van der Waals surface area contributed by atoms with Crippen molar-refractivity contribution >= 4 is 15.9 Å². The Balaban J connectivity index is 1.34. The first-order valence-electron chi connectivity index (χ1n) is 11.0. The van der Waals surface area contributed by atoms with E-state index >= 15 is 0 Å². The summed E-state index contributed by atoms with van der Waals surface area (Å²) < 4.78 is 26.9. The number of rotatable bonds is 8. The molecular weight excluding hydrogens is 386 g/mol. The lowest BCUT2D eigenvalue weighted by atomic mass is 9.97. The van der Waals surface area contributed by atoms with Gasteiger partial charge in [-0.1, -0.05) is 25.1 Å². The van der Waals surface area contributed by atoms with E-state index in [-0.39, 0.29) is 11.8 Å². The number of hydrogen-bond acceptors (Lipinski definition) is 4. The predicted octanol–water partition coefficient (Wildman–Crippen LogP) is 2.72. The number of carbonyl (C=O) groups excluding carboxylic acids is 1. The topological polar surface area (TPSA) is 69.7 Å². The Morgan fingerprint density at radius 3 is 2.48 bits per heavy atom. The van der Waals surface area contributed by atoms with Gasteiger partial charge in [0, 0.05) is 32.1 Å². The molecule has 162 valence electrons. The molecule has 0 aromatic heterocycles. The summed E-state index contributed by atoms with van der Waals surface area (Å²) in [5, 5.41) is 3.06. The van der Waals surface area contributed by atoms with E-state index in [1.807, 2.05) is 6.07 Å². The lowest BCUT2D eigenvalue weighted by Crippen LogP contribution is -2.43. The molecule has 0 spiro atoms. The molecule has 2 heterocycles. The number of sulfonamides is 1. The van der Waals surface area contributed by atoms with Gasteiger partial charge >= 0.3 is 0 Å². The van der Waals surface area contributed by atoms with Gasteiger partial charge in [0.05, 0.1) is 4.90 Å². The highest BCUT2D eigenvalue weighted by atomic mass is 32.2. The van der Waals surface area contributed by atoms with Crippen LogP contribution in [0.3, 0.4) is 0 Å². The number of benzene rings is 1. The maximum Gasteiger partial charge on any atom is 0.243 e. The fourth-order valence-corrected chi connectivity index (χ4v) is 5.90. The Kier molecular flexibility index (Phi) is 8.09. The lowest BCUT2D eigenvalue weighted by molar-refractivity contribution is -0.126. The molecule has 2 saturated heterocycles. The van der Waals surface area contributed by atoms with Crippen LogP contribution in [0.25, 0.3) is 0 Å². The maximum atomic E-state index is 12.7. The molecule has 6 nitrogen and oxygen atoms in total. The van der Waals surface area contributed by atoms with Gasteiger partial charge in [-0.3, -0.25) is 4.79 Å². The summed E-state index contributed by atoms with van der Waals surface area (Å²) >= 11 is 0. The summed E-state index contributed by atoms with van der Waals surface area (Å²) in [6.07, 6.45) is 5.93. The van der Waals surface area contributed by atoms with Crippen molar-refractivity contribution < 1.29 is 13.2 Å². The summed E-state index contributed by atoms with van der Waals surface area (Å²) in [7, 11) is -3.45. The van der Waals surface area contributed by atoms with Gasteiger partial charge in [-0.15, -0.1) is 0 Å². The summed E-state index contributed by atoms with van der Waals surface area (Å²) in [5.41, 5.74) is 0. The average Bonchev–Trinajstić information content (AvgIpc) is 2.74. The number of likely N-dealkylation sites (tertiary alicyclic amines) is 1. The van der Waals surface area contributed by atoms with Gasteiger partial charge in [0.25, 0.3) is 0 Å². The van der Waals surface area contributed by atoms with Crippen molar-refractivity contribution in [1.29, 1.82) is 0 Å². The van der Waals surface area contributed by atoms with Crippen molar-refractivity contribution in [2.75, 3.05) is 39.3 Å². The summed E-state index contributed by atoms with van der Waals surface area (Å²) in [4.78, 5) is 15.3. The van der Waals surface area contributed by atoms with Crippen LogP contribution in [-0.2, 0) is 14.8 Å². The third-order valence-electron chi connectivity index (χ3n) is 6.15. The van der Waals surface area contributed by atoms with Gasteiger partial charge < -0.3 is 10.2 Å². The molecule has 1 amide bonds. The maximum absolute atomic E-state index is 12.7. The third kappa shape index (κ3) is 6.27. The van der Waals surface area contributed by atoms with E-state index in [2.05, 4.69) is 17.1 Å². The minimum Gasteiger partial charge on any atom is -0.356 e. The molecule has 1 aromatic rings. The van der Waals surface area contributed by atoms with E-state index in [9.17, 15) is 13.2 Å². The smallest absolute Gasteiger partial charge is 0.243 e. The highest BCUT2D eigenvalue weighted by Crippen LogP contribution is 2.24. The number of unbranched alkanes of at least 4 members (excludes halogenated alkanes) is 1. The van der Waals surface area contributed by atoms with Crippen molar-refractivity contribution in [1.82, 2.24) is 14.5 Å². The molecule has 1 atom stereocenters. The van der Waals surface area contributed by atoms with Crippen LogP contribution in [0.1, 0.15) is 45.4 Å². The van der Waals surface area contributed by atoms with Crippen LogP contribution in [0.15, 0.2) is 35.2 Å². The Bertz CT molecular complexity index is 746. The largest absolute Gasteiger partial charge is 0.356 e. The van der Waals surface area contributed by atoms with Gasteiger partial charge in [-0.25, -0.2) is 8.42 Å². The molecule has 0 saturated carbocycles. The van der Waals surface area contributed by atoms with Crippen molar-refractivity contribution in [3.05, 3.63) is 30.3 Å². The highest BCUT2D eigenvalue weighted by molar-refractivity contribution is 7.89. The molecule has 29 heavy (non-hydrogen) atoms. The van der Waals surface area contributed by atoms with E-state index in [0.717, 1.165) is 25.3 Å². The van der Waals surface area contributed by atoms with Gasteiger partial charge in [0.15, 0.2) is 0 Å². The third-order valence-corrected chi connectivity index (χ3v) is 8.06. The molecule has 1 unspecified atom stereocenters. The van der Waals surface area contributed by atoms with E-state index in [1.54, 1.807) is 24.3 Å². The zero-order valence-electron chi connectivity index (χ0n) is 17.6. The Hall–Kier alpha value is -1.44. The number of nitrogens with one attached hydrogen (secondary N) is 1. The van der Waals surface area contributed by atoms with E-state index in [1.165, 1.54) is 30.2 Å². The second-order valence-corrected chi connectivity index (χ2v) is 10.5. The van der Waals surface area contributed by atoms with E-state index in [0.29, 0.717) is 37.4 Å². The van der Waals surface area contributed by atoms with Crippen molar-refractivity contribution in [2.24, 2.45) is 11.8 Å². The summed E-state index contributed by atoms with van der Waals surface area (Å²) in [5.74, 6) is 0.800. The number of hydrogen-bond donors (Lipinski definition) is 1. The number of carbonyl (C=O) groups is 1.